The average Bonchev–Trinajstić information content (AvgIpc) is 2.79. The molecule has 0 aliphatic carbocycles. The third-order valence-electron chi connectivity index (χ3n) is 3.29. The van der Waals surface area contributed by atoms with Crippen LogP contribution < -0.4 is 16.0 Å². The van der Waals surface area contributed by atoms with E-state index in [4.69, 9.17) is 10.6 Å². The molecule has 0 saturated carbocycles. The van der Waals surface area contributed by atoms with Gasteiger partial charge in [-0.1, -0.05) is 0 Å². The van der Waals surface area contributed by atoms with Gasteiger partial charge in [-0.2, -0.15) is 0 Å². The summed E-state index contributed by atoms with van der Waals surface area (Å²) in [5, 5.41) is 1.09. The normalized spacial score (nSPS) is 11.6. The molecule has 0 radical (unpaired) electrons. The highest BCUT2D eigenvalue weighted by atomic mass is 16.5. The Labute approximate surface area is 112 Å². The van der Waals surface area contributed by atoms with Crippen molar-refractivity contribution >= 4 is 16.8 Å². The number of rotatable bonds is 4. The van der Waals surface area contributed by atoms with Gasteiger partial charge in [-0.3, -0.25) is 10.2 Å². The van der Waals surface area contributed by atoms with Crippen LogP contribution in [0.1, 0.15) is 13.8 Å². The fraction of sp³-hybridized carbons (Fsp3) is 0.357. The van der Waals surface area contributed by atoms with Gasteiger partial charge in [0.1, 0.15) is 5.75 Å². The predicted octanol–water partition coefficient (Wildman–Crippen LogP) is 1.67. The number of ether oxygens (including phenoxy) is 1. The molecule has 5 heteroatoms. The Hall–Kier alpha value is -2.01. The number of hydrazine groups is 1. The second kappa shape index (κ2) is 4.93. The van der Waals surface area contributed by atoms with Crippen LogP contribution in [0.4, 0.5) is 0 Å². The lowest BCUT2D eigenvalue weighted by molar-refractivity contribution is -0.130. The van der Waals surface area contributed by atoms with E-state index >= 15 is 0 Å². The highest BCUT2D eigenvalue weighted by Crippen LogP contribution is 2.25. The predicted molar refractivity (Wildman–Crippen MR) is 74.6 cm³/mol. The van der Waals surface area contributed by atoms with Gasteiger partial charge in [0.25, 0.3) is 0 Å². The van der Waals surface area contributed by atoms with E-state index in [-0.39, 0.29) is 5.91 Å². The summed E-state index contributed by atoms with van der Waals surface area (Å²) in [7, 11) is 1.65. The van der Waals surface area contributed by atoms with E-state index in [1.807, 2.05) is 48.9 Å². The van der Waals surface area contributed by atoms with Gasteiger partial charge in [-0.15, -0.1) is 0 Å². The second-order valence-corrected chi connectivity index (χ2v) is 5.23. The van der Waals surface area contributed by atoms with Crippen LogP contribution in [0.15, 0.2) is 30.5 Å². The highest BCUT2D eigenvalue weighted by Gasteiger charge is 2.27. The zero-order valence-electron chi connectivity index (χ0n) is 11.4. The molecule has 2 rings (SSSR count). The highest BCUT2D eigenvalue weighted by molar-refractivity contribution is 5.83. The first-order chi connectivity index (χ1) is 8.97. The van der Waals surface area contributed by atoms with Gasteiger partial charge < -0.3 is 9.30 Å². The summed E-state index contributed by atoms with van der Waals surface area (Å²) >= 11 is 0. The Balaban J connectivity index is 2.34. The maximum atomic E-state index is 11.7. The first kappa shape index (κ1) is 13.4. The molecule has 3 N–H and O–H groups in total. The standard InChI is InChI=1S/C14H19N3O2/c1-14(2,13(18)16-15)9-17-7-6-10-8-11(19-3)4-5-12(10)17/h4-8H,9,15H2,1-3H3,(H,16,18). The monoisotopic (exact) mass is 261 g/mol. The summed E-state index contributed by atoms with van der Waals surface area (Å²) in [5.74, 6) is 5.86. The Morgan fingerprint density at radius 2 is 2.16 bits per heavy atom. The van der Waals surface area contributed by atoms with Crippen LogP contribution >= 0.6 is 0 Å². The van der Waals surface area contributed by atoms with Gasteiger partial charge >= 0.3 is 0 Å². The first-order valence-electron chi connectivity index (χ1n) is 6.12. The van der Waals surface area contributed by atoms with E-state index in [2.05, 4.69) is 5.43 Å². The molecule has 0 fully saturated rings. The summed E-state index contributed by atoms with van der Waals surface area (Å²) in [6, 6.07) is 7.88. The lowest BCUT2D eigenvalue weighted by atomic mass is 9.92. The maximum Gasteiger partial charge on any atom is 0.241 e. The molecule has 0 saturated heterocycles. The Morgan fingerprint density at radius 1 is 1.42 bits per heavy atom. The number of hydrogen-bond acceptors (Lipinski definition) is 3. The van der Waals surface area contributed by atoms with Crippen molar-refractivity contribution in [2.45, 2.75) is 20.4 Å². The number of methoxy groups -OCH3 is 1. The number of nitrogens with two attached hydrogens (primary N) is 1. The van der Waals surface area contributed by atoms with Crippen molar-refractivity contribution in [3.63, 3.8) is 0 Å². The number of nitrogens with zero attached hydrogens (tertiary/aromatic N) is 1. The molecule has 0 unspecified atom stereocenters. The third-order valence-corrected chi connectivity index (χ3v) is 3.29. The molecule has 102 valence electrons. The summed E-state index contributed by atoms with van der Waals surface area (Å²) in [4.78, 5) is 11.7. The van der Waals surface area contributed by atoms with E-state index < -0.39 is 5.41 Å². The van der Waals surface area contributed by atoms with Crippen molar-refractivity contribution in [3.05, 3.63) is 30.5 Å². The molecule has 1 aromatic carbocycles. The van der Waals surface area contributed by atoms with Crippen LogP contribution in [0.25, 0.3) is 10.9 Å². The number of nitrogens with one attached hydrogen (secondary N) is 1. The van der Waals surface area contributed by atoms with Crippen molar-refractivity contribution in [3.8, 4) is 5.75 Å². The minimum atomic E-state index is -0.569. The largest absolute Gasteiger partial charge is 0.497 e. The molecule has 1 aromatic heterocycles. The van der Waals surface area contributed by atoms with Crippen LogP contribution in [0, 0.1) is 5.41 Å². The van der Waals surface area contributed by atoms with Crippen molar-refractivity contribution in [1.29, 1.82) is 0 Å². The van der Waals surface area contributed by atoms with Crippen LogP contribution in [0.3, 0.4) is 0 Å². The van der Waals surface area contributed by atoms with Crippen molar-refractivity contribution in [2.75, 3.05) is 7.11 Å². The number of carbonyl (C=O) groups excluding carboxylic acids is 1. The van der Waals surface area contributed by atoms with E-state index in [0.29, 0.717) is 6.54 Å². The first-order valence-corrected chi connectivity index (χ1v) is 6.12. The van der Waals surface area contributed by atoms with Gasteiger partial charge in [-0.05, 0) is 38.1 Å². The topological polar surface area (TPSA) is 69.3 Å². The molecular weight excluding hydrogens is 242 g/mol. The molecule has 2 aromatic rings. The molecule has 1 heterocycles. The molecule has 5 nitrogen and oxygen atoms in total. The number of amides is 1. The van der Waals surface area contributed by atoms with Gasteiger partial charge in [-0.25, -0.2) is 5.84 Å². The number of aromatic nitrogens is 1. The number of benzene rings is 1. The Kier molecular flexibility index (Phi) is 3.48. The molecule has 0 aliphatic rings. The molecule has 0 atom stereocenters. The maximum absolute atomic E-state index is 11.7. The number of carbonyl (C=O) groups is 1. The zero-order valence-corrected chi connectivity index (χ0v) is 11.4. The molecule has 0 bridgehead atoms. The average molecular weight is 261 g/mol. The molecular formula is C14H19N3O2. The van der Waals surface area contributed by atoms with Crippen LogP contribution in [-0.2, 0) is 11.3 Å². The minimum absolute atomic E-state index is 0.178. The smallest absolute Gasteiger partial charge is 0.241 e. The van der Waals surface area contributed by atoms with Gasteiger partial charge in [0.15, 0.2) is 0 Å². The van der Waals surface area contributed by atoms with Crippen molar-refractivity contribution in [2.24, 2.45) is 11.3 Å². The van der Waals surface area contributed by atoms with E-state index in [1.54, 1.807) is 7.11 Å². The fourth-order valence-corrected chi connectivity index (χ4v) is 2.14. The quantitative estimate of drug-likeness (QED) is 0.499. The molecule has 0 aliphatic heterocycles. The van der Waals surface area contributed by atoms with Gasteiger partial charge in [0.2, 0.25) is 5.91 Å². The third kappa shape index (κ3) is 2.56. The lowest BCUT2D eigenvalue weighted by Crippen LogP contribution is -2.43. The van der Waals surface area contributed by atoms with Crippen LogP contribution in [0.2, 0.25) is 0 Å². The van der Waals surface area contributed by atoms with E-state index in [0.717, 1.165) is 16.7 Å². The number of hydrogen-bond donors (Lipinski definition) is 2. The summed E-state index contributed by atoms with van der Waals surface area (Å²) in [5.41, 5.74) is 2.71. The fourth-order valence-electron chi connectivity index (χ4n) is 2.14. The SMILES string of the molecule is COc1ccc2c(ccn2CC(C)(C)C(=O)NN)c1. The molecule has 19 heavy (non-hydrogen) atoms. The summed E-state index contributed by atoms with van der Waals surface area (Å²) in [6.07, 6.45) is 1.97. The summed E-state index contributed by atoms with van der Waals surface area (Å²) < 4.78 is 7.24. The van der Waals surface area contributed by atoms with E-state index in [1.165, 1.54) is 0 Å². The molecule has 1 amide bonds. The van der Waals surface area contributed by atoms with Crippen LogP contribution in [-0.4, -0.2) is 17.6 Å². The number of fused-ring (bicyclic) bond motifs is 1. The Morgan fingerprint density at radius 3 is 2.79 bits per heavy atom. The lowest BCUT2D eigenvalue weighted by Gasteiger charge is -2.23. The van der Waals surface area contributed by atoms with Gasteiger partial charge in [0.05, 0.1) is 12.5 Å². The summed E-state index contributed by atoms with van der Waals surface area (Å²) in [6.45, 7) is 4.29. The Bertz CT molecular complexity index is 602. The zero-order chi connectivity index (χ0) is 14.0. The second-order valence-electron chi connectivity index (χ2n) is 5.23. The van der Waals surface area contributed by atoms with Crippen LogP contribution in [0.5, 0.6) is 5.75 Å². The van der Waals surface area contributed by atoms with Crippen molar-refractivity contribution < 1.29 is 9.53 Å². The van der Waals surface area contributed by atoms with E-state index in [9.17, 15) is 4.79 Å². The molecule has 0 spiro atoms. The van der Waals surface area contributed by atoms with Crippen molar-refractivity contribution in [1.82, 2.24) is 9.99 Å². The minimum Gasteiger partial charge on any atom is -0.497 e. The van der Waals surface area contributed by atoms with Gasteiger partial charge in [0, 0.05) is 23.6 Å².